The van der Waals surface area contributed by atoms with Crippen LogP contribution in [-0.2, 0) is 14.3 Å². The van der Waals surface area contributed by atoms with Crippen LogP contribution in [0, 0.1) is 11.3 Å². The summed E-state index contributed by atoms with van der Waals surface area (Å²) in [6.45, 7) is 2.82. The number of nitrogens with one attached hydrogen (secondary N) is 2. The van der Waals surface area contributed by atoms with E-state index in [0.717, 1.165) is 0 Å². The molecule has 0 saturated heterocycles. The van der Waals surface area contributed by atoms with Crippen molar-refractivity contribution in [1.82, 2.24) is 0 Å². The monoisotopic (exact) mass is 351 g/mol. The standard InChI is InChI=1S/C19H17N3O4/c1-12(18(24)22-17-6-4-3-5-15(17)11-20)26-19(25)14-7-9-16(10-8-14)21-13(2)23/h3-10,12H,1-2H3,(H,21,23)(H,22,24)/t12-/m1/s1. The second-order valence-corrected chi connectivity index (χ2v) is 5.45. The molecule has 2 aromatic carbocycles. The maximum Gasteiger partial charge on any atom is 0.338 e. The topological polar surface area (TPSA) is 108 Å². The van der Waals surface area contributed by atoms with Gasteiger partial charge in [-0.1, -0.05) is 12.1 Å². The molecule has 0 heterocycles. The van der Waals surface area contributed by atoms with E-state index in [1.807, 2.05) is 6.07 Å². The molecule has 0 aliphatic carbocycles. The van der Waals surface area contributed by atoms with E-state index in [4.69, 9.17) is 10.00 Å². The van der Waals surface area contributed by atoms with Gasteiger partial charge in [-0.15, -0.1) is 0 Å². The molecule has 0 bridgehead atoms. The molecule has 0 aliphatic rings. The fourth-order valence-electron chi connectivity index (χ4n) is 2.10. The molecule has 0 saturated carbocycles. The Morgan fingerprint density at radius 2 is 1.69 bits per heavy atom. The molecule has 2 amide bonds. The fourth-order valence-corrected chi connectivity index (χ4v) is 2.10. The van der Waals surface area contributed by atoms with E-state index in [1.165, 1.54) is 26.0 Å². The molecule has 0 aromatic heterocycles. The third-order valence-electron chi connectivity index (χ3n) is 3.40. The predicted molar refractivity (Wildman–Crippen MR) is 95.4 cm³/mol. The lowest BCUT2D eigenvalue weighted by molar-refractivity contribution is -0.123. The summed E-state index contributed by atoms with van der Waals surface area (Å²) in [6.07, 6.45) is -1.05. The zero-order valence-corrected chi connectivity index (χ0v) is 14.3. The summed E-state index contributed by atoms with van der Waals surface area (Å²) in [6, 6.07) is 14.6. The molecule has 0 spiro atoms. The van der Waals surface area contributed by atoms with Gasteiger partial charge < -0.3 is 15.4 Å². The average Bonchev–Trinajstić information content (AvgIpc) is 2.62. The average molecular weight is 351 g/mol. The van der Waals surface area contributed by atoms with Crippen molar-refractivity contribution in [1.29, 1.82) is 5.26 Å². The number of rotatable bonds is 5. The van der Waals surface area contributed by atoms with Crippen LogP contribution in [0.25, 0.3) is 0 Å². The lowest BCUT2D eigenvalue weighted by Gasteiger charge is -2.14. The van der Waals surface area contributed by atoms with Crippen LogP contribution in [0.15, 0.2) is 48.5 Å². The van der Waals surface area contributed by atoms with Crippen LogP contribution in [-0.4, -0.2) is 23.9 Å². The first kappa shape index (κ1) is 18.7. The van der Waals surface area contributed by atoms with Gasteiger partial charge in [0.15, 0.2) is 6.10 Å². The largest absolute Gasteiger partial charge is 0.449 e. The van der Waals surface area contributed by atoms with Crippen molar-refractivity contribution in [3.05, 3.63) is 59.7 Å². The molecule has 2 N–H and O–H groups in total. The number of ether oxygens (including phenoxy) is 1. The van der Waals surface area contributed by atoms with Crippen LogP contribution >= 0.6 is 0 Å². The maximum absolute atomic E-state index is 12.2. The Morgan fingerprint density at radius 1 is 1.04 bits per heavy atom. The number of carbonyl (C=O) groups is 3. The third kappa shape index (κ3) is 4.92. The summed E-state index contributed by atoms with van der Waals surface area (Å²) in [4.78, 5) is 35.3. The van der Waals surface area contributed by atoms with E-state index >= 15 is 0 Å². The van der Waals surface area contributed by atoms with Gasteiger partial charge in [0, 0.05) is 12.6 Å². The number of nitriles is 1. The van der Waals surface area contributed by atoms with E-state index in [2.05, 4.69) is 10.6 Å². The summed E-state index contributed by atoms with van der Waals surface area (Å²) in [5.41, 5.74) is 1.46. The molecule has 26 heavy (non-hydrogen) atoms. The molecule has 7 heteroatoms. The van der Waals surface area contributed by atoms with Gasteiger partial charge in [-0.2, -0.15) is 5.26 Å². The normalized spacial score (nSPS) is 11.0. The summed E-state index contributed by atoms with van der Waals surface area (Å²) < 4.78 is 5.14. The van der Waals surface area contributed by atoms with Crippen LogP contribution < -0.4 is 10.6 Å². The lowest BCUT2D eigenvalue weighted by Crippen LogP contribution is -2.30. The minimum Gasteiger partial charge on any atom is -0.449 e. The highest BCUT2D eigenvalue weighted by Gasteiger charge is 2.20. The maximum atomic E-state index is 12.2. The number of para-hydroxylation sites is 1. The molecule has 0 unspecified atom stereocenters. The first-order chi connectivity index (χ1) is 12.4. The van der Waals surface area contributed by atoms with E-state index in [-0.39, 0.29) is 11.5 Å². The van der Waals surface area contributed by atoms with E-state index in [1.54, 1.807) is 36.4 Å². The Bertz CT molecular complexity index is 869. The number of nitrogens with zero attached hydrogens (tertiary/aromatic N) is 1. The summed E-state index contributed by atoms with van der Waals surface area (Å²) in [5.74, 6) is -1.44. The first-order valence-electron chi connectivity index (χ1n) is 7.79. The van der Waals surface area contributed by atoms with Gasteiger partial charge >= 0.3 is 5.97 Å². The third-order valence-corrected chi connectivity index (χ3v) is 3.40. The van der Waals surface area contributed by atoms with Crippen molar-refractivity contribution < 1.29 is 19.1 Å². The Labute approximate surface area is 150 Å². The van der Waals surface area contributed by atoms with Gasteiger partial charge in [0.2, 0.25) is 5.91 Å². The molecule has 0 aliphatic heterocycles. The molecule has 2 rings (SSSR count). The van der Waals surface area contributed by atoms with Crippen molar-refractivity contribution in [3.63, 3.8) is 0 Å². The summed E-state index contributed by atoms with van der Waals surface area (Å²) in [7, 11) is 0. The minimum atomic E-state index is -1.05. The van der Waals surface area contributed by atoms with Crippen LogP contribution in [0.3, 0.4) is 0 Å². The molecule has 7 nitrogen and oxygen atoms in total. The van der Waals surface area contributed by atoms with Gasteiger partial charge in [-0.3, -0.25) is 9.59 Å². The molecule has 0 fully saturated rings. The highest BCUT2D eigenvalue weighted by atomic mass is 16.5. The molecule has 132 valence electrons. The van der Waals surface area contributed by atoms with Crippen molar-refractivity contribution in [3.8, 4) is 6.07 Å². The summed E-state index contributed by atoms with van der Waals surface area (Å²) in [5, 5.41) is 14.2. The second-order valence-electron chi connectivity index (χ2n) is 5.45. The zero-order chi connectivity index (χ0) is 19.1. The molecule has 1 atom stereocenters. The lowest BCUT2D eigenvalue weighted by atomic mass is 10.2. The van der Waals surface area contributed by atoms with E-state index in [0.29, 0.717) is 16.9 Å². The fraction of sp³-hybridized carbons (Fsp3) is 0.158. The molecule has 2 aromatic rings. The van der Waals surface area contributed by atoms with E-state index < -0.39 is 18.0 Å². The highest BCUT2D eigenvalue weighted by Crippen LogP contribution is 2.15. The number of hydrogen-bond acceptors (Lipinski definition) is 5. The van der Waals surface area contributed by atoms with Crippen LogP contribution in [0.4, 0.5) is 11.4 Å². The predicted octanol–water partition coefficient (Wildman–Crippen LogP) is 2.70. The van der Waals surface area contributed by atoms with Gasteiger partial charge in [0.25, 0.3) is 5.91 Å². The smallest absolute Gasteiger partial charge is 0.338 e. The Hall–Kier alpha value is -3.66. The quantitative estimate of drug-likeness (QED) is 0.805. The molecular formula is C19H17N3O4. The van der Waals surface area contributed by atoms with Crippen molar-refractivity contribution in [2.45, 2.75) is 20.0 Å². The number of esters is 1. The summed E-state index contributed by atoms with van der Waals surface area (Å²) >= 11 is 0. The van der Waals surface area contributed by atoms with Crippen molar-refractivity contribution in [2.75, 3.05) is 10.6 Å². The van der Waals surface area contributed by atoms with Gasteiger partial charge in [0.1, 0.15) is 6.07 Å². The minimum absolute atomic E-state index is 0.219. The highest BCUT2D eigenvalue weighted by molar-refractivity contribution is 5.98. The number of anilines is 2. The molecule has 0 radical (unpaired) electrons. The van der Waals surface area contributed by atoms with Crippen molar-refractivity contribution in [2.24, 2.45) is 0 Å². The van der Waals surface area contributed by atoms with Crippen molar-refractivity contribution >= 4 is 29.2 Å². The van der Waals surface area contributed by atoms with Crippen LogP contribution in [0.5, 0.6) is 0 Å². The number of benzene rings is 2. The molecular weight excluding hydrogens is 334 g/mol. The zero-order valence-electron chi connectivity index (χ0n) is 14.3. The van der Waals surface area contributed by atoms with Crippen LogP contribution in [0.1, 0.15) is 29.8 Å². The Balaban J connectivity index is 1.98. The SMILES string of the molecule is CC(=O)Nc1ccc(C(=O)O[C@H](C)C(=O)Nc2ccccc2C#N)cc1. The Morgan fingerprint density at radius 3 is 2.31 bits per heavy atom. The number of hydrogen-bond donors (Lipinski definition) is 2. The number of amides is 2. The first-order valence-corrected chi connectivity index (χ1v) is 7.79. The van der Waals surface area contributed by atoms with Crippen LogP contribution in [0.2, 0.25) is 0 Å². The number of carbonyl (C=O) groups excluding carboxylic acids is 3. The van der Waals surface area contributed by atoms with Gasteiger partial charge in [0.05, 0.1) is 16.8 Å². The Kier molecular flexibility index (Phi) is 6.06. The second kappa shape index (κ2) is 8.44. The van der Waals surface area contributed by atoms with Gasteiger partial charge in [-0.05, 0) is 43.3 Å². The van der Waals surface area contributed by atoms with Gasteiger partial charge in [-0.25, -0.2) is 4.79 Å². The van der Waals surface area contributed by atoms with E-state index in [9.17, 15) is 14.4 Å².